The number of amides is 1. The number of carbonyl (C=O) groups is 2. The molecule has 11 heteroatoms. The predicted octanol–water partition coefficient (Wildman–Crippen LogP) is 4.99. The number of carboxylic acids is 1. The van der Waals surface area contributed by atoms with Gasteiger partial charge in [0.05, 0.1) is 29.7 Å². The summed E-state index contributed by atoms with van der Waals surface area (Å²) in [4.78, 5) is 32.0. The van der Waals surface area contributed by atoms with Crippen LogP contribution in [0.15, 0.2) is 49.2 Å². The molecule has 1 aromatic heterocycles. The first kappa shape index (κ1) is 29.5. The van der Waals surface area contributed by atoms with E-state index < -0.39 is 23.6 Å². The molecule has 3 aromatic rings. The largest absolute Gasteiger partial charge is 0.493 e. The summed E-state index contributed by atoms with van der Waals surface area (Å²) in [6.45, 7) is 7.39. The number of benzene rings is 2. The minimum absolute atomic E-state index is 0.0794. The molecule has 0 spiro atoms. The molecule has 0 aliphatic carbocycles. The van der Waals surface area contributed by atoms with Crippen LogP contribution in [0.1, 0.15) is 41.0 Å². The molecular formula is C29H31ClN2O7S. The molecule has 1 aliphatic rings. The minimum atomic E-state index is -1.15. The highest BCUT2D eigenvalue weighted by Crippen LogP contribution is 2.45. The quantitative estimate of drug-likeness (QED) is 0.319. The summed E-state index contributed by atoms with van der Waals surface area (Å²) in [6, 6.07) is 10.6. The average molecular weight is 587 g/mol. The van der Waals surface area contributed by atoms with Crippen LogP contribution in [-0.4, -0.2) is 60.5 Å². The summed E-state index contributed by atoms with van der Waals surface area (Å²) in [5, 5.41) is 20.3. The maximum absolute atomic E-state index is 14.2. The highest BCUT2D eigenvalue weighted by Gasteiger charge is 2.40. The summed E-state index contributed by atoms with van der Waals surface area (Å²) in [5.74, 6) is -0.532. The molecule has 1 aliphatic heterocycles. The lowest BCUT2D eigenvalue weighted by atomic mass is 9.92. The number of halogens is 1. The van der Waals surface area contributed by atoms with Crippen molar-refractivity contribution >= 4 is 46.1 Å². The minimum Gasteiger partial charge on any atom is -0.493 e. The molecule has 9 nitrogen and oxygen atoms in total. The number of carboxylic acid groups (broad SMARTS) is 1. The van der Waals surface area contributed by atoms with E-state index in [-0.39, 0.29) is 31.1 Å². The topological polar surface area (TPSA) is 118 Å². The van der Waals surface area contributed by atoms with Gasteiger partial charge in [0.15, 0.2) is 11.5 Å². The Balaban J connectivity index is 1.87. The van der Waals surface area contributed by atoms with Crippen molar-refractivity contribution in [1.82, 2.24) is 4.98 Å². The number of anilines is 1. The van der Waals surface area contributed by atoms with Gasteiger partial charge in [-0.15, -0.1) is 11.3 Å². The third kappa shape index (κ3) is 6.00. The van der Waals surface area contributed by atoms with Gasteiger partial charge in [0.2, 0.25) is 0 Å². The van der Waals surface area contributed by atoms with Crippen LogP contribution in [-0.2, 0) is 20.7 Å². The second-order valence-corrected chi connectivity index (χ2v) is 11.7. The monoisotopic (exact) mass is 586 g/mol. The number of aliphatic hydroxyl groups excluding tert-OH is 1. The second kappa shape index (κ2) is 12.0. The highest BCUT2D eigenvalue weighted by atomic mass is 35.5. The Hall–Kier alpha value is -3.44. The number of fused-ring (bicyclic) bond motifs is 1. The number of nitrogens with zero attached hydrogens (tertiary/aromatic N) is 2. The van der Waals surface area contributed by atoms with E-state index in [1.54, 1.807) is 29.2 Å². The Morgan fingerprint density at radius 3 is 2.62 bits per heavy atom. The average Bonchev–Trinajstić information content (AvgIpc) is 3.37. The van der Waals surface area contributed by atoms with Crippen LogP contribution in [0.25, 0.3) is 5.57 Å². The van der Waals surface area contributed by atoms with E-state index in [0.29, 0.717) is 43.2 Å². The van der Waals surface area contributed by atoms with Crippen LogP contribution in [0.3, 0.4) is 0 Å². The van der Waals surface area contributed by atoms with Gasteiger partial charge in [-0.05, 0) is 24.3 Å². The van der Waals surface area contributed by atoms with Gasteiger partial charge in [-0.1, -0.05) is 44.2 Å². The summed E-state index contributed by atoms with van der Waals surface area (Å²) in [7, 11) is 3.07. The number of para-hydroxylation sites is 1. The van der Waals surface area contributed by atoms with Gasteiger partial charge in [0, 0.05) is 53.0 Å². The molecule has 1 amide bonds. The molecule has 2 N–H and O–H groups in total. The Morgan fingerprint density at radius 1 is 1.23 bits per heavy atom. The first-order valence-electron chi connectivity index (χ1n) is 12.4. The third-order valence-corrected chi connectivity index (χ3v) is 7.92. The van der Waals surface area contributed by atoms with Crippen molar-refractivity contribution in [2.45, 2.75) is 32.5 Å². The standard InChI is InChI=1S/C29H31ClN2O7S/c1-16(28(35)36)23-13-31-24(40-23)12-22-27(34)32(14-29(2,3)15-33)20-10-9-17(30)11-19(20)25(39-22)18-7-6-8-21(37-4)26(18)38-5/h6-11,13,22,25,33H,1,12,14-15H2,2-5H3,(H,35,36)/t22-,25-/m1/s1. The van der Waals surface area contributed by atoms with Gasteiger partial charge in [-0.3, -0.25) is 4.79 Å². The van der Waals surface area contributed by atoms with Crippen LogP contribution >= 0.6 is 22.9 Å². The van der Waals surface area contributed by atoms with E-state index in [9.17, 15) is 19.8 Å². The van der Waals surface area contributed by atoms with Gasteiger partial charge >= 0.3 is 5.97 Å². The second-order valence-electron chi connectivity index (χ2n) is 10.1. The SMILES string of the molecule is C=C(C(=O)O)c1cnc(C[C@H]2O[C@H](c3cccc(OC)c3OC)c3cc(Cl)ccc3N(CC(C)(C)CO)C2=O)s1. The van der Waals surface area contributed by atoms with Gasteiger partial charge in [0.1, 0.15) is 12.2 Å². The molecule has 212 valence electrons. The van der Waals surface area contributed by atoms with E-state index >= 15 is 0 Å². The highest BCUT2D eigenvalue weighted by molar-refractivity contribution is 7.13. The number of thiazole rings is 1. The number of aromatic nitrogens is 1. The number of ether oxygens (including phenoxy) is 3. The molecule has 0 fully saturated rings. The van der Waals surface area contributed by atoms with Gasteiger partial charge in [-0.2, -0.15) is 0 Å². The number of rotatable bonds is 10. The zero-order valence-electron chi connectivity index (χ0n) is 22.6. The number of hydrogen-bond acceptors (Lipinski definition) is 8. The van der Waals surface area contributed by atoms with Crippen LogP contribution in [0.2, 0.25) is 5.02 Å². The lowest BCUT2D eigenvalue weighted by molar-refractivity contribution is -0.132. The van der Waals surface area contributed by atoms with Gasteiger partial charge < -0.3 is 29.3 Å². The predicted molar refractivity (Wildman–Crippen MR) is 153 cm³/mol. The molecule has 4 rings (SSSR count). The first-order valence-corrected chi connectivity index (χ1v) is 13.6. The maximum Gasteiger partial charge on any atom is 0.336 e. The number of aliphatic hydroxyl groups is 1. The molecule has 0 saturated carbocycles. The fraction of sp³-hybridized carbons (Fsp3) is 0.345. The van der Waals surface area contributed by atoms with Crippen molar-refractivity contribution in [3.05, 3.63) is 75.2 Å². The molecule has 40 heavy (non-hydrogen) atoms. The van der Waals surface area contributed by atoms with Crippen LogP contribution < -0.4 is 14.4 Å². The number of aliphatic carboxylic acids is 1. The maximum atomic E-state index is 14.2. The van der Waals surface area contributed by atoms with Gasteiger partial charge in [-0.25, -0.2) is 9.78 Å². The van der Waals surface area contributed by atoms with Crippen molar-refractivity contribution in [1.29, 1.82) is 0 Å². The fourth-order valence-electron chi connectivity index (χ4n) is 4.51. The Morgan fingerprint density at radius 2 is 1.98 bits per heavy atom. The van der Waals surface area contributed by atoms with Crippen LogP contribution in [0.5, 0.6) is 11.5 Å². The lowest BCUT2D eigenvalue weighted by Gasteiger charge is -2.32. The summed E-state index contributed by atoms with van der Waals surface area (Å²) < 4.78 is 17.9. The lowest BCUT2D eigenvalue weighted by Crippen LogP contribution is -2.45. The van der Waals surface area contributed by atoms with E-state index in [4.69, 9.17) is 25.8 Å². The number of hydrogen-bond donors (Lipinski definition) is 2. The zero-order chi connectivity index (χ0) is 29.2. The normalized spacial score (nSPS) is 17.2. The molecule has 0 unspecified atom stereocenters. The van der Waals surface area contributed by atoms with Crippen LogP contribution in [0.4, 0.5) is 5.69 Å². The van der Waals surface area contributed by atoms with E-state index in [1.807, 2.05) is 26.0 Å². The van der Waals surface area contributed by atoms with Crippen molar-refractivity contribution in [2.24, 2.45) is 5.41 Å². The summed E-state index contributed by atoms with van der Waals surface area (Å²) in [6.07, 6.45) is -0.291. The molecule has 0 saturated heterocycles. The first-order chi connectivity index (χ1) is 19.0. The molecule has 0 radical (unpaired) electrons. The van der Waals surface area contributed by atoms with Crippen LogP contribution in [0, 0.1) is 5.41 Å². The summed E-state index contributed by atoms with van der Waals surface area (Å²) in [5.41, 5.74) is 1.16. The van der Waals surface area contributed by atoms with E-state index in [0.717, 1.165) is 11.3 Å². The van der Waals surface area contributed by atoms with Crippen molar-refractivity contribution in [2.75, 3.05) is 32.3 Å². The molecule has 0 bridgehead atoms. The van der Waals surface area contributed by atoms with Crippen molar-refractivity contribution in [3.63, 3.8) is 0 Å². The molecular weight excluding hydrogens is 556 g/mol. The number of carbonyl (C=O) groups excluding carboxylic acids is 1. The van der Waals surface area contributed by atoms with Crippen molar-refractivity contribution in [3.8, 4) is 11.5 Å². The molecule has 2 atom stereocenters. The van der Waals surface area contributed by atoms with E-state index in [1.165, 1.54) is 20.4 Å². The third-order valence-electron chi connectivity index (χ3n) is 6.60. The van der Waals surface area contributed by atoms with Crippen molar-refractivity contribution < 1.29 is 34.0 Å². The smallest absolute Gasteiger partial charge is 0.336 e. The summed E-state index contributed by atoms with van der Waals surface area (Å²) >= 11 is 7.60. The van der Waals surface area contributed by atoms with Gasteiger partial charge in [0.25, 0.3) is 5.91 Å². The fourth-order valence-corrected chi connectivity index (χ4v) is 5.60. The van der Waals surface area contributed by atoms with E-state index in [2.05, 4.69) is 11.6 Å². The Labute approximate surface area is 241 Å². The Bertz CT molecular complexity index is 1440. The zero-order valence-corrected chi connectivity index (χ0v) is 24.2. The molecule has 2 heterocycles. The molecule has 2 aromatic carbocycles. The number of methoxy groups -OCH3 is 2. The Kier molecular flexibility index (Phi) is 8.84.